The molecule has 3 aromatic rings. The van der Waals surface area contributed by atoms with Crippen LogP contribution in [-0.4, -0.2) is 52.6 Å². The summed E-state index contributed by atoms with van der Waals surface area (Å²) >= 11 is 0. The van der Waals surface area contributed by atoms with Crippen molar-refractivity contribution in [3.63, 3.8) is 0 Å². The Bertz CT molecular complexity index is 1050. The Labute approximate surface area is 180 Å². The maximum atomic E-state index is 13.6. The molecule has 0 unspecified atom stereocenters. The van der Waals surface area contributed by atoms with Crippen LogP contribution < -0.4 is 5.32 Å². The normalized spacial score (nSPS) is 15.8. The number of methoxy groups -OCH3 is 1. The van der Waals surface area contributed by atoms with Crippen LogP contribution in [0, 0.1) is 5.82 Å². The number of rotatable bonds is 7. The van der Waals surface area contributed by atoms with Crippen LogP contribution in [0.4, 0.5) is 15.9 Å². The highest BCUT2D eigenvalue weighted by molar-refractivity contribution is 5.76. The summed E-state index contributed by atoms with van der Waals surface area (Å²) in [5, 5.41) is 3.18. The molecule has 7 nitrogen and oxygen atoms in total. The minimum atomic E-state index is -0.324. The van der Waals surface area contributed by atoms with Gasteiger partial charge in [0, 0.05) is 55.8 Å². The van der Waals surface area contributed by atoms with Crippen molar-refractivity contribution in [2.24, 2.45) is 0 Å². The molecule has 0 spiro atoms. The lowest BCUT2D eigenvalue weighted by Crippen LogP contribution is -2.29. The van der Waals surface area contributed by atoms with Gasteiger partial charge < -0.3 is 15.0 Å². The molecule has 3 heterocycles. The third-order valence-electron chi connectivity index (χ3n) is 5.24. The van der Waals surface area contributed by atoms with E-state index < -0.39 is 0 Å². The predicted molar refractivity (Wildman–Crippen MR) is 115 cm³/mol. The monoisotopic (exact) mass is 421 g/mol. The number of nitrogens with one attached hydrogen (secondary N) is 1. The van der Waals surface area contributed by atoms with Crippen molar-refractivity contribution in [2.45, 2.75) is 18.8 Å². The lowest BCUT2D eigenvalue weighted by Gasteiger charge is -2.17. The van der Waals surface area contributed by atoms with E-state index in [-0.39, 0.29) is 17.6 Å². The second-order valence-corrected chi connectivity index (χ2v) is 7.44. The average Bonchev–Trinajstić information content (AvgIpc) is 3.28. The van der Waals surface area contributed by atoms with Crippen LogP contribution in [0.15, 0.2) is 54.9 Å². The lowest BCUT2D eigenvalue weighted by molar-refractivity contribution is -0.131. The number of hydrogen-bond acceptors (Lipinski definition) is 6. The Morgan fingerprint density at radius 1 is 1.23 bits per heavy atom. The number of benzene rings is 1. The maximum absolute atomic E-state index is 13.6. The van der Waals surface area contributed by atoms with Gasteiger partial charge in [-0.2, -0.15) is 0 Å². The zero-order valence-electron chi connectivity index (χ0n) is 17.3. The highest BCUT2D eigenvalue weighted by Gasteiger charge is 2.29. The van der Waals surface area contributed by atoms with Crippen LogP contribution in [-0.2, 0) is 9.53 Å². The Morgan fingerprint density at radius 2 is 2.06 bits per heavy atom. The average molecular weight is 421 g/mol. The van der Waals surface area contributed by atoms with E-state index in [4.69, 9.17) is 14.7 Å². The van der Waals surface area contributed by atoms with Crippen molar-refractivity contribution in [3.8, 4) is 11.3 Å². The lowest BCUT2D eigenvalue weighted by atomic mass is 10.1. The van der Waals surface area contributed by atoms with Gasteiger partial charge in [-0.15, -0.1) is 0 Å². The molecule has 1 aliphatic heterocycles. The van der Waals surface area contributed by atoms with E-state index in [0.29, 0.717) is 43.4 Å². The van der Waals surface area contributed by atoms with Crippen LogP contribution in [0.2, 0.25) is 0 Å². The molecule has 1 amide bonds. The zero-order valence-corrected chi connectivity index (χ0v) is 17.3. The van der Waals surface area contributed by atoms with Gasteiger partial charge in [0.1, 0.15) is 17.5 Å². The quantitative estimate of drug-likeness (QED) is 0.626. The fourth-order valence-corrected chi connectivity index (χ4v) is 3.64. The molecule has 1 aliphatic rings. The number of aromatic nitrogens is 3. The summed E-state index contributed by atoms with van der Waals surface area (Å²) in [6.45, 7) is 1.65. The number of carbonyl (C=O) groups is 1. The number of ether oxygens (including phenoxy) is 1. The summed E-state index contributed by atoms with van der Waals surface area (Å²) in [5.74, 6) is 1.02. The molecule has 1 fully saturated rings. The molecular weight excluding hydrogens is 397 g/mol. The van der Waals surface area contributed by atoms with Gasteiger partial charge in [-0.25, -0.2) is 14.4 Å². The Morgan fingerprint density at radius 3 is 2.84 bits per heavy atom. The molecule has 1 atom stereocenters. The number of anilines is 2. The Balaban J connectivity index is 1.61. The van der Waals surface area contributed by atoms with E-state index >= 15 is 0 Å². The molecule has 4 rings (SSSR count). The third kappa shape index (κ3) is 5.21. The van der Waals surface area contributed by atoms with E-state index in [2.05, 4.69) is 10.3 Å². The van der Waals surface area contributed by atoms with Gasteiger partial charge in [-0.05, 0) is 36.8 Å². The fraction of sp³-hybridized carbons (Fsp3) is 0.304. The van der Waals surface area contributed by atoms with E-state index in [0.717, 1.165) is 17.7 Å². The summed E-state index contributed by atoms with van der Waals surface area (Å²) in [6.07, 6.45) is 4.58. The van der Waals surface area contributed by atoms with Crippen LogP contribution in [0.3, 0.4) is 0 Å². The van der Waals surface area contributed by atoms with Crippen LogP contribution >= 0.6 is 0 Å². The highest BCUT2D eigenvalue weighted by Crippen LogP contribution is 2.29. The van der Waals surface area contributed by atoms with Crippen molar-refractivity contribution in [1.29, 1.82) is 0 Å². The molecule has 0 saturated carbocycles. The maximum Gasteiger partial charge on any atom is 0.224 e. The summed E-state index contributed by atoms with van der Waals surface area (Å²) in [4.78, 5) is 27.8. The van der Waals surface area contributed by atoms with E-state index in [1.165, 1.54) is 12.1 Å². The van der Waals surface area contributed by atoms with E-state index in [1.807, 2.05) is 23.1 Å². The number of pyridine rings is 1. The van der Waals surface area contributed by atoms with Crippen molar-refractivity contribution in [1.82, 2.24) is 19.9 Å². The highest BCUT2D eigenvalue weighted by atomic mass is 19.1. The van der Waals surface area contributed by atoms with Gasteiger partial charge in [-0.3, -0.25) is 9.78 Å². The van der Waals surface area contributed by atoms with Crippen molar-refractivity contribution in [3.05, 3.63) is 66.5 Å². The first-order valence-corrected chi connectivity index (χ1v) is 10.2. The van der Waals surface area contributed by atoms with Gasteiger partial charge in [0.05, 0.1) is 18.7 Å². The molecule has 0 bridgehead atoms. The van der Waals surface area contributed by atoms with E-state index in [1.54, 1.807) is 31.6 Å². The summed E-state index contributed by atoms with van der Waals surface area (Å²) in [7, 11) is 1.59. The molecular formula is C23H24FN5O2. The summed E-state index contributed by atoms with van der Waals surface area (Å²) in [6, 6.07) is 11.8. The number of amides is 1. The SMILES string of the molecule is COCCC(=O)N1CC[C@@H](c2nc(Nc3cccc(F)c3)cc(-c3ccncc3)n2)C1. The first kappa shape index (κ1) is 20.9. The first-order valence-electron chi connectivity index (χ1n) is 10.2. The van der Waals surface area contributed by atoms with Gasteiger partial charge in [0.25, 0.3) is 0 Å². The largest absolute Gasteiger partial charge is 0.384 e. The van der Waals surface area contributed by atoms with Crippen molar-refractivity contribution >= 4 is 17.4 Å². The molecule has 160 valence electrons. The first-order chi connectivity index (χ1) is 15.1. The fourth-order valence-electron chi connectivity index (χ4n) is 3.64. The van der Waals surface area contributed by atoms with Crippen molar-refractivity contribution < 1.29 is 13.9 Å². The molecule has 1 aromatic carbocycles. The van der Waals surface area contributed by atoms with Gasteiger partial charge >= 0.3 is 0 Å². The number of hydrogen-bond donors (Lipinski definition) is 1. The number of likely N-dealkylation sites (tertiary alicyclic amines) is 1. The molecule has 31 heavy (non-hydrogen) atoms. The number of halogens is 1. The van der Waals surface area contributed by atoms with Gasteiger partial charge in [0.15, 0.2) is 0 Å². The Hall–Kier alpha value is -3.39. The molecule has 2 aromatic heterocycles. The topological polar surface area (TPSA) is 80.2 Å². The molecule has 8 heteroatoms. The minimum absolute atomic E-state index is 0.0290. The van der Waals surface area contributed by atoms with Crippen LogP contribution in [0.25, 0.3) is 11.3 Å². The molecule has 0 radical (unpaired) electrons. The minimum Gasteiger partial charge on any atom is -0.384 e. The number of carbonyl (C=O) groups excluding carboxylic acids is 1. The Kier molecular flexibility index (Phi) is 6.47. The number of nitrogens with zero attached hydrogens (tertiary/aromatic N) is 4. The van der Waals surface area contributed by atoms with Crippen LogP contribution in [0.5, 0.6) is 0 Å². The zero-order chi connectivity index (χ0) is 21.6. The molecule has 1 N–H and O–H groups in total. The molecule has 1 saturated heterocycles. The molecule has 0 aliphatic carbocycles. The smallest absolute Gasteiger partial charge is 0.224 e. The summed E-state index contributed by atoms with van der Waals surface area (Å²) < 4.78 is 18.6. The summed E-state index contributed by atoms with van der Waals surface area (Å²) in [5.41, 5.74) is 2.26. The van der Waals surface area contributed by atoms with Crippen molar-refractivity contribution in [2.75, 3.05) is 32.1 Å². The second-order valence-electron chi connectivity index (χ2n) is 7.44. The van der Waals surface area contributed by atoms with E-state index in [9.17, 15) is 9.18 Å². The third-order valence-corrected chi connectivity index (χ3v) is 5.24. The van der Waals surface area contributed by atoms with Crippen LogP contribution in [0.1, 0.15) is 24.6 Å². The predicted octanol–water partition coefficient (Wildman–Crippen LogP) is 3.77. The second kappa shape index (κ2) is 9.61. The van der Waals surface area contributed by atoms with Gasteiger partial charge in [-0.1, -0.05) is 6.07 Å². The standard InChI is InChI=1S/C23H24FN5O2/c1-31-12-8-22(30)29-11-7-17(15-29)23-27-20(16-5-9-25-10-6-16)14-21(28-23)26-19-4-2-3-18(24)13-19/h2-6,9-10,13-14,17H,7-8,11-12,15H2,1H3,(H,26,27,28)/t17-/m1/s1. The van der Waals surface area contributed by atoms with Gasteiger partial charge in [0.2, 0.25) is 5.91 Å².